The summed E-state index contributed by atoms with van der Waals surface area (Å²) in [5.41, 5.74) is 8.91. The zero-order valence-electron chi connectivity index (χ0n) is 19.0. The van der Waals surface area contributed by atoms with Crippen LogP contribution in [0.25, 0.3) is 5.69 Å². The molecule has 1 amide bonds. The SMILES string of the molecule is Cc1ccc(-n2c(C)cc(/C=N/NC(=O)CN(c3cccc(C)c3)S(C)(=O)=O)c2C)cc1. The van der Waals surface area contributed by atoms with Gasteiger partial charge in [0.25, 0.3) is 5.91 Å². The summed E-state index contributed by atoms with van der Waals surface area (Å²) in [5.74, 6) is -0.527. The average Bonchev–Trinajstić information content (AvgIpc) is 2.99. The lowest BCUT2D eigenvalue weighted by molar-refractivity contribution is -0.119. The third-order valence-electron chi connectivity index (χ3n) is 5.13. The predicted molar refractivity (Wildman–Crippen MR) is 129 cm³/mol. The number of sulfonamides is 1. The van der Waals surface area contributed by atoms with E-state index in [1.165, 1.54) is 5.56 Å². The van der Waals surface area contributed by atoms with E-state index in [0.29, 0.717) is 5.69 Å². The summed E-state index contributed by atoms with van der Waals surface area (Å²) < 4.78 is 27.6. The molecule has 0 radical (unpaired) electrons. The first kappa shape index (κ1) is 23.3. The van der Waals surface area contributed by atoms with Crippen molar-refractivity contribution >= 4 is 27.8 Å². The molecule has 0 saturated carbocycles. The van der Waals surface area contributed by atoms with Gasteiger partial charge in [0.1, 0.15) is 6.54 Å². The van der Waals surface area contributed by atoms with Gasteiger partial charge in [-0.05, 0) is 63.6 Å². The van der Waals surface area contributed by atoms with Crippen molar-refractivity contribution in [3.05, 3.63) is 82.7 Å². The van der Waals surface area contributed by atoms with Crippen LogP contribution >= 0.6 is 0 Å². The Morgan fingerprint density at radius 3 is 2.34 bits per heavy atom. The average molecular weight is 453 g/mol. The molecule has 1 heterocycles. The van der Waals surface area contributed by atoms with Crippen molar-refractivity contribution in [2.24, 2.45) is 5.10 Å². The zero-order chi connectivity index (χ0) is 23.5. The number of nitrogens with zero attached hydrogens (tertiary/aromatic N) is 3. The van der Waals surface area contributed by atoms with Crippen molar-refractivity contribution in [2.45, 2.75) is 27.7 Å². The van der Waals surface area contributed by atoms with Crippen LogP contribution in [0.5, 0.6) is 0 Å². The Balaban J connectivity index is 1.73. The van der Waals surface area contributed by atoms with Gasteiger partial charge in [0.15, 0.2) is 0 Å². The van der Waals surface area contributed by atoms with Gasteiger partial charge in [0.05, 0.1) is 18.2 Å². The number of benzene rings is 2. The summed E-state index contributed by atoms with van der Waals surface area (Å²) in [7, 11) is -3.63. The number of hydrazone groups is 1. The van der Waals surface area contributed by atoms with Crippen LogP contribution < -0.4 is 9.73 Å². The smallest absolute Gasteiger partial charge is 0.260 e. The molecule has 0 aliphatic rings. The van der Waals surface area contributed by atoms with Crippen molar-refractivity contribution in [2.75, 3.05) is 17.1 Å². The number of anilines is 1. The number of aryl methyl sites for hydroxylation is 3. The molecule has 0 fully saturated rings. The van der Waals surface area contributed by atoms with E-state index in [4.69, 9.17) is 0 Å². The quantitative estimate of drug-likeness (QED) is 0.439. The third kappa shape index (κ3) is 5.45. The molecule has 0 unspecified atom stereocenters. The highest BCUT2D eigenvalue weighted by atomic mass is 32.2. The van der Waals surface area contributed by atoms with E-state index in [1.54, 1.807) is 24.4 Å². The molecule has 1 aromatic heterocycles. The Kier molecular flexibility index (Phi) is 6.84. The maximum Gasteiger partial charge on any atom is 0.260 e. The molecule has 0 spiro atoms. The molecule has 7 nitrogen and oxygen atoms in total. The van der Waals surface area contributed by atoms with Gasteiger partial charge in [-0.2, -0.15) is 5.10 Å². The fourth-order valence-corrected chi connectivity index (χ4v) is 4.38. The Hall–Kier alpha value is -3.39. The summed E-state index contributed by atoms with van der Waals surface area (Å²) in [4.78, 5) is 12.4. The van der Waals surface area contributed by atoms with Gasteiger partial charge < -0.3 is 4.57 Å². The maximum atomic E-state index is 12.4. The largest absolute Gasteiger partial charge is 0.318 e. The lowest BCUT2D eigenvalue weighted by Crippen LogP contribution is -2.39. The number of aromatic nitrogens is 1. The minimum Gasteiger partial charge on any atom is -0.318 e. The van der Waals surface area contributed by atoms with Crippen molar-refractivity contribution in [1.29, 1.82) is 0 Å². The lowest BCUT2D eigenvalue weighted by Gasteiger charge is -2.21. The van der Waals surface area contributed by atoms with Crippen molar-refractivity contribution < 1.29 is 13.2 Å². The number of amides is 1. The number of hydrogen-bond donors (Lipinski definition) is 1. The number of carbonyl (C=O) groups excluding carboxylic acids is 1. The molecule has 0 saturated heterocycles. The molecule has 1 N–H and O–H groups in total. The Morgan fingerprint density at radius 2 is 1.72 bits per heavy atom. The normalized spacial score (nSPS) is 11.7. The summed E-state index contributed by atoms with van der Waals surface area (Å²) in [6.45, 7) is 7.54. The number of carbonyl (C=O) groups is 1. The second-order valence-corrected chi connectivity index (χ2v) is 9.81. The third-order valence-corrected chi connectivity index (χ3v) is 6.27. The molecule has 2 aromatic carbocycles. The molecule has 168 valence electrons. The van der Waals surface area contributed by atoms with Gasteiger partial charge in [-0.3, -0.25) is 9.10 Å². The van der Waals surface area contributed by atoms with Crippen LogP contribution in [-0.2, 0) is 14.8 Å². The number of hydrogen-bond acceptors (Lipinski definition) is 4. The highest BCUT2D eigenvalue weighted by molar-refractivity contribution is 7.92. The van der Waals surface area contributed by atoms with Gasteiger partial charge in [0.2, 0.25) is 10.0 Å². The van der Waals surface area contributed by atoms with Crippen LogP contribution in [0.2, 0.25) is 0 Å². The molecule has 3 rings (SSSR count). The minimum absolute atomic E-state index is 0.359. The maximum absolute atomic E-state index is 12.4. The Labute approximate surface area is 189 Å². The van der Waals surface area contributed by atoms with Crippen LogP contribution in [0.4, 0.5) is 5.69 Å². The second-order valence-electron chi connectivity index (χ2n) is 7.90. The van der Waals surface area contributed by atoms with Crippen molar-refractivity contribution in [3.63, 3.8) is 0 Å². The second kappa shape index (κ2) is 9.40. The van der Waals surface area contributed by atoms with Gasteiger partial charge in [-0.25, -0.2) is 13.8 Å². The molecule has 0 atom stereocenters. The number of rotatable bonds is 7. The van der Waals surface area contributed by atoms with Gasteiger partial charge in [0, 0.05) is 22.6 Å². The summed E-state index contributed by atoms with van der Waals surface area (Å²) >= 11 is 0. The summed E-state index contributed by atoms with van der Waals surface area (Å²) in [6.07, 6.45) is 2.65. The summed E-state index contributed by atoms with van der Waals surface area (Å²) in [5, 5.41) is 4.05. The fraction of sp³-hybridized carbons (Fsp3) is 0.250. The molecule has 0 aliphatic heterocycles. The molecule has 0 aliphatic carbocycles. The van der Waals surface area contributed by atoms with Crippen LogP contribution in [0, 0.1) is 27.7 Å². The molecule has 0 bridgehead atoms. The van der Waals surface area contributed by atoms with Crippen molar-refractivity contribution in [1.82, 2.24) is 9.99 Å². The Morgan fingerprint density at radius 1 is 1.03 bits per heavy atom. The fourth-order valence-electron chi connectivity index (χ4n) is 3.53. The molecule has 3 aromatic rings. The van der Waals surface area contributed by atoms with E-state index < -0.39 is 15.9 Å². The first-order valence-corrected chi connectivity index (χ1v) is 12.0. The van der Waals surface area contributed by atoms with E-state index >= 15 is 0 Å². The number of nitrogens with one attached hydrogen (secondary N) is 1. The van der Waals surface area contributed by atoms with Crippen LogP contribution in [0.1, 0.15) is 28.1 Å². The van der Waals surface area contributed by atoms with Crippen molar-refractivity contribution in [3.8, 4) is 5.69 Å². The van der Waals surface area contributed by atoms with Crippen LogP contribution in [0.15, 0.2) is 59.7 Å². The molecule has 8 heteroatoms. The molecular weight excluding hydrogens is 424 g/mol. The van der Waals surface area contributed by atoms with Gasteiger partial charge in [-0.1, -0.05) is 29.8 Å². The standard InChI is InChI=1S/C24H28N4O3S/c1-17-9-11-22(12-10-17)28-19(3)14-21(20(28)4)15-25-26-24(29)16-27(32(5,30)31)23-8-6-7-18(2)13-23/h6-15H,16H2,1-5H3,(H,26,29)/b25-15+. The lowest BCUT2D eigenvalue weighted by atomic mass is 10.2. The van der Waals surface area contributed by atoms with Crippen LogP contribution in [-0.4, -0.2) is 37.9 Å². The van der Waals surface area contributed by atoms with E-state index in [-0.39, 0.29) is 6.54 Å². The highest BCUT2D eigenvalue weighted by Crippen LogP contribution is 2.20. The zero-order valence-corrected chi connectivity index (χ0v) is 19.8. The predicted octanol–water partition coefficient (Wildman–Crippen LogP) is 3.63. The summed E-state index contributed by atoms with van der Waals surface area (Å²) in [6, 6.07) is 17.2. The highest BCUT2D eigenvalue weighted by Gasteiger charge is 2.20. The van der Waals surface area contributed by atoms with Gasteiger partial charge >= 0.3 is 0 Å². The van der Waals surface area contributed by atoms with E-state index in [9.17, 15) is 13.2 Å². The molecular formula is C24H28N4O3S. The first-order valence-electron chi connectivity index (χ1n) is 10.2. The topological polar surface area (TPSA) is 83.8 Å². The van der Waals surface area contributed by atoms with E-state index in [2.05, 4.69) is 39.4 Å². The Bertz CT molecular complexity index is 1260. The van der Waals surface area contributed by atoms with E-state index in [0.717, 1.165) is 38.8 Å². The minimum atomic E-state index is -3.63. The van der Waals surface area contributed by atoms with Crippen LogP contribution in [0.3, 0.4) is 0 Å². The first-order chi connectivity index (χ1) is 15.1. The monoisotopic (exact) mass is 452 g/mol. The van der Waals surface area contributed by atoms with E-state index in [1.807, 2.05) is 39.8 Å². The molecule has 32 heavy (non-hydrogen) atoms. The van der Waals surface area contributed by atoms with Gasteiger partial charge in [-0.15, -0.1) is 0 Å².